The summed E-state index contributed by atoms with van der Waals surface area (Å²) in [5.74, 6) is 0.623. The number of nitrogens with one attached hydrogen (secondary N) is 1. The molecule has 0 amide bonds. The first kappa shape index (κ1) is 13.2. The first-order chi connectivity index (χ1) is 8.74. The summed E-state index contributed by atoms with van der Waals surface area (Å²) in [4.78, 5) is 4.18. The molecule has 2 aromatic rings. The highest BCUT2D eigenvalue weighted by Gasteiger charge is 1.97. The molecule has 0 fully saturated rings. The lowest BCUT2D eigenvalue weighted by Crippen LogP contribution is -2.04. The number of hydrogen-bond acceptors (Lipinski definition) is 3. The minimum atomic E-state index is -0.230. The Morgan fingerprint density at radius 3 is 2.89 bits per heavy atom. The van der Waals surface area contributed by atoms with E-state index in [1.807, 2.05) is 18.2 Å². The molecular formula is C13H12ClFN2S. The molecule has 94 valence electrons. The Morgan fingerprint density at radius 2 is 2.17 bits per heavy atom. The molecule has 0 spiro atoms. The van der Waals surface area contributed by atoms with E-state index in [1.165, 1.54) is 12.1 Å². The van der Waals surface area contributed by atoms with Gasteiger partial charge < -0.3 is 5.32 Å². The first-order valence-corrected chi connectivity index (χ1v) is 6.84. The molecule has 0 radical (unpaired) electrons. The number of thioether (sulfide) groups is 1. The third-order valence-electron chi connectivity index (χ3n) is 2.21. The van der Waals surface area contributed by atoms with Crippen LogP contribution in [-0.2, 0) is 0 Å². The van der Waals surface area contributed by atoms with Gasteiger partial charge in [0.2, 0.25) is 0 Å². The van der Waals surface area contributed by atoms with Gasteiger partial charge in [0.15, 0.2) is 0 Å². The standard InChI is InChI=1S/C13H12ClFN2S/c14-10-4-5-13(17-9-10)18-7-6-16-12-3-1-2-11(15)8-12/h1-5,8-9,16H,6-7H2. The second kappa shape index (κ2) is 6.61. The smallest absolute Gasteiger partial charge is 0.125 e. The van der Waals surface area contributed by atoms with Gasteiger partial charge in [0.1, 0.15) is 5.82 Å². The minimum Gasteiger partial charge on any atom is -0.384 e. The van der Waals surface area contributed by atoms with Crippen molar-refractivity contribution in [3.8, 4) is 0 Å². The molecule has 2 rings (SSSR count). The lowest BCUT2D eigenvalue weighted by Gasteiger charge is -2.05. The van der Waals surface area contributed by atoms with Gasteiger partial charge in [-0.3, -0.25) is 0 Å². The summed E-state index contributed by atoms with van der Waals surface area (Å²) in [6.45, 7) is 0.748. The van der Waals surface area contributed by atoms with E-state index in [9.17, 15) is 4.39 Å². The average Bonchev–Trinajstić information content (AvgIpc) is 2.37. The highest BCUT2D eigenvalue weighted by Crippen LogP contribution is 2.17. The SMILES string of the molecule is Fc1cccc(NCCSc2ccc(Cl)cn2)c1. The fourth-order valence-corrected chi connectivity index (χ4v) is 2.21. The number of halogens is 2. The van der Waals surface area contributed by atoms with Gasteiger partial charge in [-0.1, -0.05) is 17.7 Å². The molecule has 5 heteroatoms. The number of aromatic nitrogens is 1. The molecule has 0 unspecified atom stereocenters. The summed E-state index contributed by atoms with van der Waals surface area (Å²) in [6, 6.07) is 10.1. The molecule has 0 atom stereocenters. The molecule has 1 aromatic heterocycles. The normalized spacial score (nSPS) is 10.3. The summed E-state index contributed by atoms with van der Waals surface area (Å²) >= 11 is 7.37. The van der Waals surface area contributed by atoms with Crippen molar-refractivity contribution in [2.45, 2.75) is 5.03 Å². The molecule has 1 aromatic carbocycles. The molecule has 0 bridgehead atoms. The Hall–Kier alpha value is -1.26. The average molecular weight is 283 g/mol. The molecule has 0 saturated carbocycles. The molecule has 1 heterocycles. The van der Waals surface area contributed by atoms with Gasteiger partial charge in [0.05, 0.1) is 10.0 Å². The molecule has 1 N–H and O–H groups in total. The van der Waals surface area contributed by atoms with Gasteiger partial charge in [0.25, 0.3) is 0 Å². The lowest BCUT2D eigenvalue weighted by atomic mass is 10.3. The van der Waals surface area contributed by atoms with Gasteiger partial charge >= 0.3 is 0 Å². The third-order valence-corrected chi connectivity index (χ3v) is 3.38. The predicted molar refractivity (Wildman–Crippen MR) is 74.9 cm³/mol. The fourth-order valence-electron chi connectivity index (χ4n) is 1.40. The van der Waals surface area contributed by atoms with Crippen molar-refractivity contribution in [3.05, 3.63) is 53.4 Å². The number of hydrogen-bond donors (Lipinski definition) is 1. The monoisotopic (exact) mass is 282 g/mol. The first-order valence-electron chi connectivity index (χ1n) is 5.48. The van der Waals surface area contributed by atoms with E-state index >= 15 is 0 Å². The summed E-state index contributed by atoms with van der Waals surface area (Å²) in [7, 11) is 0. The maximum Gasteiger partial charge on any atom is 0.125 e. The highest BCUT2D eigenvalue weighted by atomic mass is 35.5. The summed E-state index contributed by atoms with van der Waals surface area (Å²) in [5.41, 5.74) is 0.791. The molecule has 0 aliphatic heterocycles. The van der Waals surface area contributed by atoms with Crippen LogP contribution in [0.5, 0.6) is 0 Å². The van der Waals surface area contributed by atoms with Gasteiger partial charge in [-0.05, 0) is 30.3 Å². The molecule has 18 heavy (non-hydrogen) atoms. The lowest BCUT2D eigenvalue weighted by molar-refractivity contribution is 0.628. The van der Waals surface area contributed by atoms with Crippen LogP contribution in [0.15, 0.2) is 47.6 Å². The molecule has 0 aliphatic rings. The topological polar surface area (TPSA) is 24.9 Å². The van der Waals surface area contributed by atoms with Crippen molar-refractivity contribution in [2.75, 3.05) is 17.6 Å². The molecule has 0 saturated heterocycles. The second-order valence-corrected chi connectivity index (χ2v) is 5.15. The van der Waals surface area contributed by atoms with Crippen LogP contribution in [0.1, 0.15) is 0 Å². The van der Waals surface area contributed by atoms with Crippen molar-refractivity contribution in [1.29, 1.82) is 0 Å². The maximum atomic E-state index is 12.9. The summed E-state index contributed by atoms with van der Waals surface area (Å²) in [5, 5.41) is 4.72. The van der Waals surface area contributed by atoms with Crippen LogP contribution in [0.25, 0.3) is 0 Å². The van der Waals surface area contributed by atoms with Gasteiger partial charge in [-0.15, -0.1) is 11.8 Å². The van der Waals surface area contributed by atoms with Crippen LogP contribution in [0, 0.1) is 5.82 Å². The van der Waals surface area contributed by atoms with Crippen LogP contribution in [0.4, 0.5) is 10.1 Å². The van der Waals surface area contributed by atoms with Crippen LogP contribution in [-0.4, -0.2) is 17.3 Å². The van der Waals surface area contributed by atoms with Crippen LogP contribution >= 0.6 is 23.4 Å². The van der Waals surface area contributed by atoms with Gasteiger partial charge in [0, 0.05) is 24.2 Å². The highest BCUT2D eigenvalue weighted by molar-refractivity contribution is 7.99. The van der Waals surface area contributed by atoms with E-state index in [0.717, 1.165) is 23.0 Å². The fraction of sp³-hybridized carbons (Fsp3) is 0.154. The van der Waals surface area contributed by atoms with Crippen molar-refractivity contribution >= 4 is 29.1 Å². The van der Waals surface area contributed by atoms with Gasteiger partial charge in [-0.2, -0.15) is 0 Å². The van der Waals surface area contributed by atoms with Crippen LogP contribution < -0.4 is 5.32 Å². The van der Waals surface area contributed by atoms with E-state index in [2.05, 4.69) is 10.3 Å². The zero-order valence-electron chi connectivity index (χ0n) is 9.57. The Bertz CT molecular complexity index is 505. The number of rotatable bonds is 5. The molecular weight excluding hydrogens is 271 g/mol. The van der Waals surface area contributed by atoms with Crippen LogP contribution in [0.3, 0.4) is 0 Å². The second-order valence-electron chi connectivity index (χ2n) is 3.60. The van der Waals surface area contributed by atoms with E-state index in [4.69, 9.17) is 11.6 Å². The van der Waals surface area contributed by atoms with Crippen molar-refractivity contribution < 1.29 is 4.39 Å². The molecule has 2 nitrogen and oxygen atoms in total. The van der Waals surface area contributed by atoms with Crippen LogP contribution in [0.2, 0.25) is 5.02 Å². The molecule has 0 aliphatic carbocycles. The number of benzene rings is 1. The Kier molecular flexibility index (Phi) is 4.84. The van der Waals surface area contributed by atoms with E-state index in [-0.39, 0.29) is 5.82 Å². The van der Waals surface area contributed by atoms with E-state index in [1.54, 1.807) is 24.0 Å². The number of pyridine rings is 1. The largest absolute Gasteiger partial charge is 0.384 e. The zero-order chi connectivity index (χ0) is 12.8. The third kappa shape index (κ3) is 4.20. The van der Waals surface area contributed by atoms with Crippen molar-refractivity contribution in [3.63, 3.8) is 0 Å². The minimum absolute atomic E-state index is 0.230. The maximum absolute atomic E-state index is 12.9. The Balaban J connectivity index is 1.74. The number of anilines is 1. The summed E-state index contributed by atoms with van der Waals surface area (Å²) in [6.07, 6.45) is 1.63. The van der Waals surface area contributed by atoms with E-state index < -0.39 is 0 Å². The van der Waals surface area contributed by atoms with Crippen molar-refractivity contribution in [1.82, 2.24) is 4.98 Å². The van der Waals surface area contributed by atoms with Gasteiger partial charge in [-0.25, -0.2) is 9.37 Å². The Labute approximate surface area is 115 Å². The Morgan fingerprint density at radius 1 is 1.28 bits per heavy atom. The zero-order valence-corrected chi connectivity index (χ0v) is 11.1. The quantitative estimate of drug-likeness (QED) is 0.661. The van der Waals surface area contributed by atoms with Crippen molar-refractivity contribution in [2.24, 2.45) is 0 Å². The predicted octanol–water partition coefficient (Wildman–Crippen LogP) is 4.08. The van der Waals surface area contributed by atoms with E-state index in [0.29, 0.717) is 5.02 Å². The number of nitrogens with zero attached hydrogens (tertiary/aromatic N) is 1. The summed E-state index contributed by atoms with van der Waals surface area (Å²) < 4.78 is 12.9.